The van der Waals surface area contributed by atoms with Crippen molar-refractivity contribution in [2.24, 2.45) is 0 Å². The van der Waals surface area contributed by atoms with E-state index in [9.17, 15) is 17.8 Å². The molecule has 0 heterocycles. The van der Waals surface area contributed by atoms with Crippen molar-refractivity contribution in [1.29, 1.82) is 0 Å². The maximum Gasteiger partial charge on any atom is 0.318 e. The van der Waals surface area contributed by atoms with Crippen LogP contribution in [0.1, 0.15) is 19.8 Å². The highest BCUT2D eigenvalue weighted by molar-refractivity contribution is 7.85. The van der Waals surface area contributed by atoms with Gasteiger partial charge in [-0.25, -0.2) is 8.78 Å². The third-order valence-corrected chi connectivity index (χ3v) is 3.45. The standard InChI is InChI=1S/C12H14F2O3S/c1-2-3-6-17-12(15)8-18(16)11-7-9(13)4-5-10(11)14/h4-5,7H,2-3,6,8H2,1H3. The third kappa shape index (κ3) is 4.52. The number of halogens is 2. The highest BCUT2D eigenvalue weighted by Crippen LogP contribution is 2.14. The fourth-order valence-electron chi connectivity index (χ4n) is 1.21. The maximum absolute atomic E-state index is 13.3. The monoisotopic (exact) mass is 276 g/mol. The van der Waals surface area contributed by atoms with Gasteiger partial charge in [0, 0.05) is 0 Å². The van der Waals surface area contributed by atoms with Crippen molar-refractivity contribution in [3.05, 3.63) is 29.8 Å². The molecule has 1 aromatic carbocycles. The lowest BCUT2D eigenvalue weighted by molar-refractivity contribution is -0.140. The van der Waals surface area contributed by atoms with Crippen molar-refractivity contribution >= 4 is 16.8 Å². The second-order valence-corrected chi connectivity index (χ2v) is 5.06. The van der Waals surface area contributed by atoms with Crippen LogP contribution in [0.15, 0.2) is 23.1 Å². The minimum Gasteiger partial charge on any atom is -0.465 e. The molecule has 0 amide bonds. The number of benzene rings is 1. The Morgan fingerprint density at radius 2 is 2.11 bits per heavy atom. The summed E-state index contributed by atoms with van der Waals surface area (Å²) in [7, 11) is -1.93. The molecular weight excluding hydrogens is 262 g/mol. The molecule has 18 heavy (non-hydrogen) atoms. The molecule has 1 rings (SSSR count). The summed E-state index contributed by atoms with van der Waals surface area (Å²) in [4.78, 5) is 10.9. The Labute approximate surface area is 107 Å². The smallest absolute Gasteiger partial charge is 0.318 e. The van der Waals surface area contributed by atoms with Crippen LogP contribution in [-0.4, -0.2) is 22.5 Å². The second kappa shape index (κ2) is 7.20. The van der Waals surface area contributed by atoms with Crippen LogP contribution in [0.3, 0.4) is 0 Å². The molecule has 0 saturated heterocycles. The Hall–Kier alpha value is -1.30. The van der Waals surface area contributed by atoms with Crippen LogP contribution in [0, 0.1) is 11.6 Å². The van der Waals surface area contributed by atoms with Gasteiger partial charge in [-0.3, -0.25) is 9.00 Å². The van der Waals surface area contributed by atoms with Crippen molar-refractivity contribution in [1.82, 2.24) is 0 Å². The lowest BCUT2D eigenvalue weighted by atomic mass is 10.3. The van der Waals surface area contributed by atoms with Crippen LogP contribution in [0.5, 0.6) is 0 Å². The first-order valence-electron chi connectivity index (χ1n) is 5.53. The van der Waals surface area contributed by atoms with Crippen LogP contribution in [0.25, 0.3) is 0 Å². The van der Waals surface area contributed by atoms with Gasteiger partial charge in [0.15, 0.2) is 0 Å². The average Bonchev–Trinajstić information content (AvgIpc) is 2.32. The Morgan fingerprint density at radius 1 is 1.39 bits per heavy atom. The van der Waals surface area contributed by atoms with E-state index in [0.717, 1.165) is 24.6 Å². The molecule has 0 fully saturated rings. The summed E-state index contributed by atoms with van der Waals surface area (Å²) in [5, 5.41) is 0. The van der Waals surface area contributed by atoms with Crippen molar-refractivity contribution < 1.29 is 22.5 Å². The predicted octanol–water partition coefficient (Wildman–Crippen LogP) is 2.42. The molecule has 1 aromatic rings. The van der Waals surface area contributed by atoms with E-state index in [1.807, 2.05) is 6.92 Å². The van der Waals surface area contributed by atoms with Crippen LogP contribution in [0.2, 0.25) is 0 Å². The highest BCUT2D eigenvalue weighted by Gasteiger charge is 2.15. The van der Waals surface area contributed by atoms with Crippen molar-refractivity contribution in [3.63, 3.8) is 0 Å². The van der Waals surface area contributed by atoms with E-state index >= 15 is 0 Å². The molecule has 0 aliphatic carbocycles. The van der Waals surface area contributed by atoms with Gasteiger partial charge in [0.2, 0.25) is 0 Å². The topological polar surface area (TPSA) is 43.4 Å². The van der Waals surface area contributed by atoms with Gasteiger partial charge in [-0.05, 0) is 24.6 Å². The molecule has 0 saturated carbocycles. The van der Waals surface area contributed by atoms with Gasteiger partial charge in [0.25, 0.3) is 0 Å². The number of esters is 1. The number of carbonyl (C=O) groups is 1. The number of hydrogen-bond donors (Lipinski definition) is 0. The van der Waals surface area contributed by atoms with E-state index in [2.05, 4.69) is 0 Å². The van der Waals surface area contributed by atoms with Gasteiger partial charge in [-0.15, -0.1) is 0 Å². The summed E-state index contributed by atoms with van der Waals surface area (Å²) >= 11 is 0. The van der Waals surface area contributed by atoms with Gasteiger partial charge in [-0.2, -0.15) is 0 Å². The molecule has 1 atom stereocenters. The van der Waals surface area contributed by atoms with Gasteiger partial charge in [-0.1, -0.05) is 13.3 Å². The molecule has 0 spiro atoms. The van der Waals surface area contributed by atoms with E-state index in [1.165, 1.54) is 0 Å². The quantitative estimate of drug-likeness (QED) is 0.592. The molecule has 0 aliphatic heterocycles. The first kappa shape index (κ1) is 14.8. The Balaban J connectivity index is 2.59. The van der Waals surface area contributed by atoms with Gasteiger partial charge >= 0.3 is 5.97 Å². The minimum absolute atomic E-state index is 0.248. The number of carbonyl (C=O) groups excluding carboxylic acids is 1. The van der Waals surface area contributed by atoms with Gasteiger partial charge in [0.1, 0.15) is 17.4 Å². The number of hydrogen-bond acceptors (Lipinski definition) is 3. The van der Waals surface area contributed by atoms with E-state index < -0.39 is 34.2 Å². The van der Waals surface area contributed by atoms with Crippen molar-refractivity contribution in [2.75, 3.05) is 12.4 Å². The van der Waals surface area contributed by atoms with E-state index in [-0.39, 0.29) is 11.5 Å². The molecule has 0 aliphatic rings. The van der Waals surface area contributed by atoms with Gasteiger partial charge in [0.05, 0.1) is 22.3 Å². The van der Waals surface area contributed by atoms with Gasteiger partial charge < -0.3 is 4.74 Å². The molecular formula is C12H14F2O3S. The van der Waals surface area contributed by atoms with Crippen LogP contribution in [0.4, 0.5) is 8.78 Å². The first-order valence-corrected chi connectivity index (χ1v) is 6.85. The summed E-state index contributed by atoms with van der Waals surface area (Å²) in [5.41, 5.74) is 0. The average molecular weight is 276 g/mol. The largest absolute Gasteiger partial charge is 0.465 e. The fourth-order valence-corrected chi connectivity index (χ4v) is 2.19. The maximum atomic E-state index is 13.3. The summed E-state index contributed by atoms with van der Waals surface area (Å²) in [6.07, 6.45) is 1.58. The fraction of sp³-hybridized carbons (Fsp3) is 0.417. The summed E-state index contributed by atoms with van der Waals surface area (Å²) in [5.74, 6) is -2.63. The van der Waals surface area contributed by atoms with E-state index in [4.69, 9.17) is 4.74 Å². The Kier molecular flexibility index (Phi) is 5.91. The predicted molar refractivity (Wildman–Crippen MR) is 63.5 cm³/mol. The normalized spacial score (nSPS) is 12.2. The zero-order chi connectivity index (χ0) is 13.5. The second-order valence-electron chi connectivity index (χ2n) is 3.64. The summed E-state index contributed by atoms with van der Waals surface area (Å²) < 4.78 is 42.6. The zero-order valence-corrected chi connectivity index (χ0v) is 10.8. The molecule has 0 radical (unpaired) electrons. The molecule has 0 N–H and O–H groups in total. The van der Waals surface area contributed by atoms with E-state index in [1.54, 1.807) is 0 Å². The highest BCUT2D eigenvalue weighted by atomic mass is 32.2. The lowest BCUT2D eigenvalue weighted by Gasteiger charge is -2.05. The third-order valence-electron chi connectivity index (χ3n) is 2.15. The summed E-state index contributed by atoms with van der Waals surface area (Å²) in [6, 6.07) is 2.63. The summed E-state index contributed by atoms with van der Waals surface area (Å²) in [6.45, 7) is 2.19. The van der Waals surface area contributed by atoms with Crippen LogP contribution >= 0.6 is 0 Å². The molecule has 1 unspecified atom stereocenters. The molecule has 6 heteroatoms. The Morgan fingerprint density at radius 3 is 2.78 bits per heavy atom. The molecule has 100 valence electrons. The lowest BCUT2D eigenvalue weighted by Crippen LogP contribution is -2.15. The SMILES string of the molecule is CCCCOC(=O)CS(=O)c1cc(F)ccc1F. The number of unbranched alkanes of at least 4 members (excludes halogenated alkanes) is 1. The number of rotatable bonds is 6. The minimum atomic E-state index is -1.93. The number of ether oxygens (including phenoxy) is 1. The van der Waals surface area contributed by atoms with Crippen molar-refractivity contribution in [2.45, 2.75) is 24.7 Å². The van der Waals surface area contributed by atoms with Crippen LogP contribution in [-0.2, 0) is 20.3 Å². The zero-order valence-electron chi connectivity index (χ0n) is 9.95. The molecule has 3 nitrogen and oxygen atoms in total. The van der Waals surface area contributed by atoms with Crippen LogP contribution < -0.4 is 0 Å². The molecule has 0 bridgehead atoms. The molecule has 0 aromatic heterocycles. The van der Waals surface area contributed by atoms with E-state index in [0.29, 0.717) is 6.42 Å². The first-order chi connectivity index (χ1) is 8.54. The Bertz CT molecular complexity index is 449. The van der Waals surface area contributed by atoms with Crippen molar-refractivity contribution in [3.8, 4) is 0 Å².